The monoisotopic (exact) mass is 277 g/mol. The molecule has 3 unspecified atom stereocenters. The number of ether oxygens (including phenoxy) is 1. The van der Waals surface area contributed by atoms with E-state index in [1.165, 1.54) is 12.0 Å². The molecule has 0 saturated carbocycles. The molecular formula is C16H27N3O. The number of aromatic nitrogens is 1. The van der Waals surface area contributed by atoms with Gasteiger partial charge < -0.3 is 10.1 Å². The molecule has 20 heavy (non-hydrogen) atoms. The molecule has 0 bridgehead atoms. The van der Waals surface area contributed by atoms with Crippen molar-refractivity contribution in [2.24, 2.45) is 5.92 Å². The zero-order valence-corrected chi connectivity index (χ0v) is 13.1. The van der Waals surface area contributed by atoms with Gasteiger partial charge in [-0.25, -0.2) is 4.98 Å². The number of piperazine rings is 1. The summed E-state index contributed by atoms with van der Waals surface area (Å²) in [6.45, 7) is 10.0. The van der Waals surface area contributed by atoms with E-state index in [1.54, 1.807) is 7.11 Å². The highest BCUT2D eigenvalue weighted by molar-refractivity contribution is 5.20. The fourth-order valence-corrected chi connectivity index (χ4v) is 2.73. The first kappa shape index (κ1) is 15.3. The Morgan fingerprint density at radius 1 is 1.55 bits per heavy atom. The number of pyridine rings is 1. The van der Waals surface area contributed by atoms with Crippen LogP contribution < -0.4 is 10.1 Å². The number of hydrogen-bond acceptors (Lipinski definition) is 4. The summed E-state index contributed by atoms with van der Waals surface area (Å²) in [6.07, 6.45) is 3.05. The maximum absolute atomic E-state index is 5.21. The average molecular weight is 277 g/mol. The molecule has 1 saturated heterocycles. The zero-order chi connectivity index (χ0) is 14.5. The number of rotatable bonds is 5. The van der Waals surface area contributed by atoms with Crippen molar-refractivity contribution in [1.29, 1.82) is 0 Å². The van der Waals surface area contributed by atoms with Crippen LogP contribution in [0.15, 0.2) is 18.3 Å². The SMILES string of the molecule is CCC(C)C1CN(Cc2ccnc(OC)c2)C(C)CN1. The fraction of sp³-hybridized carbons (Fsp3) is 0.688. The van der Waals surface area contributed by atoms with E-state index in [0.29, 0.717) is 18.0 Å². The van der Waals surface area contributed by atoms with Gasteiger partial charge in [-0.15, -0.1) is 0 Å². The zero-order valence-electron chi connectivity index (χ0n) is 13.1. The summed E-state index contributed by atoms with van der Waals surface area (Å²) in [5.41, 5.74) is 1.27. The highest BCUT2D eigenvalue weighted by atomic mass is 16.5. The van der Waals surface area contributed by atoms with Crippen molar-refractivity contribution in [1.82, 2.24) is 15.2 Å². The Balaban J connectivity index is 2.02. The topological polar surface area (TPSA) is 37.4 Å². The Kier molecular flexibility index (Phi) is 5.38. The van der Waals surface area contributed by atoms with Gasteiger partial charge in [0.25, 0.3) is 0 Å². The van der Waals surface area contributed by atoms with E-state index in [-0.39, 0.29) is 0 Å². The van der Waals surface area contributed by atoms with Crippen LogP contribution in [0.3, 0.4) is 0 Å². The van der Waals surface area contributed by atoms with E-state index in [4.69, 9.17) is 4.74 Å². The van der Waals surface area contributed by atoms with Crippen LogP contribution in [0.1, 0.15) is 32.8 Å². The van der Waals surface area contributed by atoms with Crippen LogP contribution in [0.4, 0.5) is 0 Å². The third kappa shape index (κ3) is 3.70. The lowest BCUT2D eigenvalue weighted by atomic mass is 9.95. The molecule has 0 radical (unpaired) electrons. The number of nitrogens with one attached hydrogen (secondary N) is 1. The van der Waals surface area contributed by atoms with Crippen LogP contribution in [0.25, 0.3) is 0 Å². The van der Waals surface area contributed by atoms with E-state index >= 15 is 0 Å². The fourth-order valence-electron chi connectivity index (χ4n) is 2.73. The summed E-state index contributed by atoms with van der Waals surface area (Å²) in [5.74, 6) is 1.42. The summed E-state index contributed by atoms with van der Waals surface area (Å²) in [6, 6.07) is 5.28. The van der Waals surface area contributed by atoms with Crippen LogP contribution >= 0.6 is 0 Å². The molecule has 1 aliphatic heterocycles. The second kappa shape index (κ2) is 7.04. The molecule has 1 N–H and O–H groups in total. The third-order valence-electron chi connectivity index (χ3n) is 4.45. The molecule has 2 heterocycles. The van der Waals surface area contributed by atoms with Gasteiger partial charge in [0.1, 0.15) is 0 Å². The molecule has 1 aromatic rings. The van der Waals surface area contributed by atoms with Gasteiger partial charge in [0.15, 0.2) is 0 Å². The number of hydrogen-bond donors (Lipinski definition) is 1. The Labute approximate surface area is 122 Å². The van der Waals surface area contributed by atoms with Crippen LogP contribution in [0.5, 0.6) is 5.88 Å². The van der Waals surface area contributed by atoms with Gasteiger partial charge in [-0.3, -0.25) is 4.90 Å². The molecule has 4 nitrogen and oxygen atoms in total. The highest BCUT2D eigenvalue weighted by Gasteiger charge is 2.27. The van der Waals surface area contributed by atoms with E-state index in [9.17, 15) is 0 Å². The standard InChI is InChI=1S/C16H27N3O/c1-5-12(2)15-11-19(13(3)9-18-15)10-14-6-7-17-16(8-14)20-4/h6-8,12-13,15,18H,5,9-11H2,1-4H3. The van der Waals surface area contributed by atoms with Crippen LogP contribution in [0.2, 0.25) is 0 Å². The smallest absolute Gasteiger partial charge is 0.213 e. The molecule has 112 valence electrons. The van der Waals surface area contributed by atoms with Gasteiger partial charge in [-0.2, -0.15) is 0 Å². The first-order chi connectivity index (χ1) is 9.63. The Bertz CT molecular complexity index is 424. The predicted octanol–water partition coefficient (Wildman–Crippen LogP) is 2.30. The second-order valence-electron chi connectivity index (χ2n) is 5.89. The van der Waals surface area contributed by atoms with Gasteiger partial charge in [0, 0.05) is 44.0 Å². The van der Waals surface area contributed by atoms with E-state index in [0.717, 1.165) is 25.6 Å². The molecular weight excluding hydrogens is 250 g/mol. The molecule has 0 amide bonds. The minimum absolute atomic E-state index is 0.564. The minimum Gasteiger partial charge on any atom is -0.481 e. The van der Waals surface area contributed by atoms with Gasteiger partial charge in [-0.1, -0.05) is 20.3 Å². The van der Waals surface area contributed by atoms with Crippen molar-refractivity contribution >= 4 is 0 Å². The van der Waals surface area contributed by atoms with E-state index in [1.807, 2.05) is 12.3 Å². The largest absolute Gasteiger partial charge is 0.481 e. The number of methoxy groups -OCH3 is 1. The van der Waals surface area contributed by atoms with E-state index in [2.05, 4.69) is 42.0 Å². The average Bonchev–Trinajstić information content (AvgIpc) is 2.49. The summed E-state index contributed by atoms with van der Waals surface area (Å²) in [4.78, 5) is 6.73. The Morgan fingerprint density at radius 3 is 3.05 bits per heavy atom. The predicted molar refractivity (Wildman–Crippen MR) is 81.9 cm³/mol. The molecule has 4 heteroatoms. The minimum atomic E-state index is 0.564. The first-order valence-corrected chi connectivity index (χ1v) is 7.60. The van der Waals surface area contributed by atoms with Crippen LogP contribution in [0, 0.1) is 5.92 Å². The maximum Gasteiger partial charge on any atom is 0.213 e. The van der Waals surface area contributed by atoms with Gasteiger partial charge >= 0.3 is 0 Å². The number of nitrogens with zero attached hydrogens (tertiary/aromatic N) is 2. The van der Waals surface area contributed by atoms with Crippen molar-refractivity contribution in [3.8, 4) is 5.88 Å². The molecule has 3 atom stereocenters. The Morgan fingerprint density at radius 2 is 2.35 bits per heavy atom. The Hall–Kier alpha value is -1.13. The van der Waals surface area contributed by atoms with Crippen molar-refractivity contribution in [3.05, 3.63) is 23.9 Å². The lowest BCUT2D eigenvalue weighted by molar-refractivity contribution is 0.111. The van der Waals surface area contributed by atoms with Crippen molar-refractivity contribution < 1.29 is 4.74 Å². The van der Waals surface area contributed by atoms with Crippen LogP contribution in [-0.2, 0) is 6.54 Å². The molecule has 2 rings (SSSR count). The summed E-state index contributed by atoms with van der Waals surface area (Å²) >= 11 is 0. The van der Waals surface area contributed by atoms with E-state index < -0.39 is 0 Å². The molecule has 1 fully saturated rings. The molecule has 0 spiro atoms. The lowest BCUT2D eigenvalue weighted by Gasteiger charge is -2.41. The van der Waals surface area contributed by atoms with Gasteiger partial charge in [-0.05, 0) is 24.5 Å². The first-order valence-electron chi connectivity index (χ1n) is 7.60. The van der Waals surface area contributed by atoms with Gasteiger partial charge in [0.2, 0.25) is 5.88 Å². The van der Waals surface area contributed by atoms with Crippen LogP contribution in [-0.4, -0.2) is 42.2 Å². The van der Waals surface area contributed by atoms with Crippen molar-refractivity contribution in [3.63, 3.8) is 0 Å². The molecule has 1 aliphatic rings. The lowest BCUT2D eigenvalue weighted by Crippen LogP contribution is -2.56. The third-order valence-corrected chi connectivity index (χ3v) is 4.45. The second-order valence-corrected chi connectivity index (χ2v) is 5.89. The summed E-state index contributed by atoms with van der Waals surface area (Å²) in [7, 11) is 1.67. The quantitative estimate of drug-likeness (QED) is 0.896. The van der Waals surface area contributed by atoms with Gasteiger partial charge in [0.05, 0.1) is 7.11 Å². The van der Waals surface area contributed by atoms with Crippen molar-refractivity contribution in [2.75, 3.05) is 20.2 Å². The summed E-state index contributed by atoms with van der Waals surface area (Å²) in [5, 5.41) is 3.68. The molecule has 0 aliphatic carbocycles. The highest BCUT2D eigenvalue weighted by Crippen LogP contribution is 2.19. The summed E-state index contributed by atoms with van der Waals surface area (Å²) < 4.78 is 5.21. The normalized spacial score (nSPS) is 25.4. The molecule has 1 aromatic heterocycles. The van der Waals surface area contributed by atoms with Crippen molar-refractivity contribution in [2.45, 2.75) is 45.8 Å². The molecule has 0 aromatic carbocycles. The maximum atomic E-state index is 5.21.